The van der Waals surface area contributed by atoms with Crippen LogP contribution in [0, 0.1) is 0 Å². The van der Waals surface area contributed by atoms with Gasteiger partial charge in [0.1, 0.15) is 0 Å². The molecule has 2 unspecified atom stereocenters. The van der Waals surface area contributed by atoms with Crippen LogP contribution in [0.25, 0.3) is 0 Å². The van der Waals surface area contributed by atoms with Crippen LogP contribution in [-0.4, -0.2) is 23.6 Å². The maximum atomic E-state index is 10.9. The number of aliphatic hydroxyl groups excluding tert-OH is 1. The van der Waals surface area contributed by atoms with E-state index < -0.39 is 12.0 Å². The Kier molecular flexibility index (Phi) is 4.80. The molecule has 1 aliphatic rings. The molecule has 0 bridgehead atoms. The summed E-state index contributed by atoms with van der Waals surface area (Å²) in [7, 11) is 0. The van der Waals surface area contributed by atoms with Gasteiger partial charge in [0.2, 0.25) is 5.91 Å². The molecule has 0 radical (unpaired) electrons. The van der Waals surface area contributed by atoms with Gasteiger partial charge in [-0.15, -0.1) is 0 Å². The number of piperidine rings is 1. The van der Waals surface area contributed by atoms with Crippen LogP contribution >= 0.6 is 11.6 Å². The Hall–Kier alpha value is -1.10. The number of rotatable bonds is 4. The van der Waals surface area contributed by atoms with Gasteiger partial charge in [0, 0.05) is 11.1 Å². The van der Waals surface area contributed by atoms with Crippen LogP contribution in [0.5, 0.6) is 0 Å². The second kappa shape index (κ2) is 6.37. The molecule has 0 aromatic heterocycles. The molecule has 0 spiro atoms. The number of hydrogen-bond acceptors (Lipinski definition) is 3. The molecule has 0 aliphatic carbocycles. The van der Waals surface area contributed by atoms with E-state index in [2.05, 4.69) is 5.32 Å². The van der Waals surface area contributed by atoms with Crippen LogP contribution in [0.4, 0.5) is 0 Å². The van der Waals surface area contributed by atoms with E-state index in [9.17, 15) is 9.90 Å². The quantitative estimate of drug-likeness (QED) is 0.784. The van der Waals surface area contributed by atoms with Gasteiger partial charge in [0.15, 0.2) is 0 Å². The van der Waals surface area contributed by atoms with Crippen molar-refractivity contribution >= 4 is 17.5 Å². The predicted octanol–water partition coefficient (Wildman–Crippen LogP) is 1.54. The maximum absolute atomic E-state index is 10.9. The molecular weight excluding hydrogens is 264 g/mol. The van der Waals surface area contributed by atoms with Gasteiger partial charge >= 0.3 is 0 Å². The monoisotopic (exact) mass is 282 g/mol. The van der Waals surface area contributed by atoms with Crippen molar-refractivity contribution in [3.05, 3.63) is 34.3 Å². The lowest BCUT2D eigenvalue weighted by Crippen LogP contribution is -2.38. The molecule has 104 valence electrons. The molecule has 4 nitrogen and oxygen atoms in total. The molecule has 19 heavy (non-hydrogen) atoms. The third-order valence-corrected chi connectivity index (χ3v) is 3.86. The first-order chi connectivity index (χ1) is 9.08. The fourth-order valence-electron chi connectivity index (χ4n) is 2.46. The highest BCUT2D eigenvalue weighted by Gasteiger charge is 2.23. The van der Waals surface area contributed by atoms with Gasteiger partial charge in [-0.3, -0.25) is 4.79 Å². The number of carbonyl (C=O) groups excluding carboxylic acids is 1. The van der Waals surface area contributed by atoms with Crippen molar-refractivity contribution in [2.45, 2.75) is 37.8 Å². The van der Waals surface area contributed by atoms with Gasteiger partial charge in [0.25, 0.3) is 0 Å². The highest BCUT2D eigenvalue weighted by Crippen LogP contribution is 2.27. The summed E-state index contributed by atoms with van der Waals surface area (Å²) < 4.78 is 0. The Morgan fingerprint density at radius 3 is 2.89 bits per heavy atom. The van der Waals surface area contributed by atoms with Crippen LogP contribution in [-0.2, 0) is 11.2 Å². The summed E-state index contributed by atoms with van der Waals surface area (Å²) in [5, 5.41) is 14.1. The summed E-state index contributed by atoms with van der Waals surface area (Å²) in [5.74, 6) is -0.413. The van der Waals surface area contributed by atoms with E-state index in [1.165, 1.54) is 0 Å². The van der Waals surface area contributed by atoms with Crippen molar-refractivity contribution < 1.29 is 9.90 Å². The van der Waals surface area contributed by atoms with E-state index in [4.69, 9.17) is 17.3 Å². The van der Waals surface area contributed by atoms with Crippen LogP contribution in [0.15, 0.2) is 18.2 Å². The Bertz CT molecular complexity index is 459. The standard InChI is InChI=1S/C14H19ClN2O2/c15-11-7-10(5-4-9(11)8-13(16)18)14(19)12-3-1-2-6-17-12/h4-5,7,12,14,17,19H,1-3,6,8H2,(H2,16,18). The molecule has 1 heterocycles. The van der Waals surface area contributed by atoms with Gasteiger partial charge < -0.3 is 16.2 Å². The molecule has 1 amide bonds. The predicted molar refractivity (Wildman–Crippen MR) is 75.0 cm³/mol. The van der Waals surface area contributed by atoms with E-state index in [0.29, 0.717) is 10.6 Å². The Labute approximate surface area is 117 Å². The summed E-state index contributed by atoms with van der Waals surface area (Å²) in [6, 6.07) is 5.37. The highest BCUT2D eigenvalue weighted by molar-refractivity contribution is 6.31. The van der Waals surface area contributed by atoms with Gasteiger partial charge in [-0.05, 0) is 36.6 Å². The average molecular weight is 283 g/mol. The minimum atomic E-state index is -0.569. The molecule has 1 saturated heterocycles. The zero-order chi connectivity index (χ0) is 13.8. The first kappa shape index (κ1) is 14.3. The summed E-state index contributed by atoms with van der Waals surface area (Å²) in [6.07, 6.45) is 2.79. The second-order valence-electron chi connectivity index (χ2n) is 5.00. The van der Waals surface area contributed by atoms with Crippen molar-refractivity contribution in [1.82, 2.24) is 5.32 Å². The SMILES string of the molecule is NC(=O)Cc1ccc(C(O)C2CCCCN2)cc1Cl. The van der Waals surface area contributed by atoms with Crippen molar-refractivity contribution in [2.24, 2.45) is 5.73 Å². The van der Waals surface area contributed by atoms with Gasteiger partial charge in [-0.25, -0.2) is 0 Å². The lowest BCUT2D eigenvalue weighted by atomic mass is 9.94. The fourth-order valence-corrected chi connectivity index (χ4v) is 2.71. The second-order valence-corrected chi connectivity index (χ2v) is 5.40. The molecule has 1 aromatic carbocycles. The third kappa shape index (κ3) is 3.69. The summed E-state index contributed by atoms with van der Waals surface area (Å²) in [4.78, 5) is 10.9. The number of amides is 1. The van der Waals surface area contributed by atoms with Crippen molar-refractivity contribution in [1.29, 1.82) is 0 Å². The number of nitrogens with one attached hydrogen (secondary N) is 1. The number of halogens is 1. The Morgan fingerprint density at radius 1 is 1.53 bits per heavy atom. The van der Waals surface area contributed by atoms with E-state index in [1.54, 1.807) is 12.1 Å². The maximum Gasteiger partial charge on any atom is 0.221 e. The number of aliphatic hydroxyl groups is 1. The van der Waals surface area contributed by atoms with Crippen molar-refractivity contribution in [3.8, 4) is 0 Å². The summed E-state index contributed by atoms with van der Waals surface area (Å²) in [6.45, 7) is 0.940. The van der Waals surface area contributed by atoms with E-state index in [-0.39, 0.29) is 12.5 Å². The molecule has 5 heteroatoms. The molecule has 4 N–H and O–H groups in total. The number of benzene rings is 1. The minimum absolute atomic E-state index is 0.0757. The zero-order valence-electron chi connectivity index (χ0n) is 10.7. The normalized spacial score (nSPS) is 21.1. The third-order valence-electron chi connectivity index (χ3n) is 3.51. The Balaban J connectivity index is 2.11. The molecule has 1 aromatic rings. The molecule has 0 saturated carbocycles. The summed E-state index contributed by atoms with van der Waals surface area (Å²) in [5.41, 5.74) is 6.62. The smallest absolute Gasteiger partial charge is 0.221 e. The number of hydrogen-bond donors (Lipinski definition) is 3. The fraction of sp³-hybridized carbons (Fsp3) is 0.500. The van der Waals surface area contributed by atoms with Crippen molar-refractivity contribution in [3.63, 3.8) is 0 Å². The molecule has 1 aliphatic heterocycles. The first-order valence-corrected chi connectivity index (χ1v) is 6.94. The van der Waals surface area contributed by atoms with Crippen LogP contribution in [0.3, 0.4) is 0 Å². The van der Waals surface area contributed by atoms with Crippen LogP contribution in [0.1, 0.15) is 36.5 Å². The van der Waals surface area contributed by atoms with Crippen LogP contribution < -0.4 is 11.1 Å². The molecule has 1 fully saturated rings. The van der Waals surface area contributed by atoms with Gasteiger partial charge in [-0.1, -0.05) is 30.2 Å². The van der Waals surface area contributed by atoms with E-state index in [0.717, 1.165) is 31.4 Å². The highest BCUT2D eigenvalue weighted by atomic mass is 35.5. The molecule has 2 rings (SSSR count). The lowest BCUT2D eigenvalue weighted by molar-refractivity contribution is -0.117. The minimum Gasteiger partial charge on any atom is -0.387 e. The number of carbonyl (C=O) groups is 1. The topological polar surface area (TPSA) is 75.4 Å². The zero-order valence-corrected chi connectivity index (χ0v) is 11.5. The van der Waals surface area contributed by atoms with E-state index in [1.807, 2.05) is 6.07 Å². The average Bonchev–Trinajstić information content (AvgIpc) is 2.41. The lowest BCUT2D eigenvalue weighted by Gasteiger charge is -2.28. The van der Waals surface area contributed by atoms with E-state index >= 15 is 0 Å². The van der Waals surface area contributed by atoms with Gasteiger partial charge in [-0.2, -0.15) is 0 Å². The van der Waals surface area contributed by atoms with Crippen LogP contribution in [0.2, 0.25) is 5.02 Å². The summed E-state index contributed by atoms with van der Waals surface area (Å²) >= 11 is 6.12. The number of nitrogens with two attached hydrogens (primary N) is 1. The first-order valence-electron chi connectivity index (χ1n) is 6.56. The largest absolute Gasteiger partial charge is 0.387 e. The van der Waals surface area contributed by atoms with Gasteiger partial charge in [0.05, 0.1) is 12.5 Å². The number of primary amides is 1. The molecular formula is C14H19ClN2O2. The van der Waals surface area contributed by atoms with Crippen molar-refractivity contribution in [2.75, 3.05) is 6.54 Å². The Morgan fingerprint density at radius 2 is 2.32 bits per heavy atom. The molecule has 2 atom stereocenters.